The number of carbonyl (C=O) groups is 2. The molecule has 32 heavy (non-hydrogen) atoms. The first-order valence-electron chi connectivity index (χ1n) is 10.7. The minimum atomic E-state index is -0.540. The van der Waals surface area contributed by atoms with Crippen LogP contribution < -0.4 is 5.32 Å². The van der Waals surface area contributed by atoms with Crippen LogP contribution in [0, 0.1) is 6.92 Å². The smallest absolute Gasteiger partial charge is 0.243 e. The Morgan fingerprint density at radius 1 is 1.12 bits per heavy atom. The third kappa shape index (κ3) is 8.34. The van der Waals surface area contributed by atoms with Crippen LogP contribution in [0.15, 0.2) is 42.5 Å². The van der Waals surface area contributed by atoms with Gasteiger partial charge >= 0.3 is 0 Å². The zero-order chi connectivity index (χ0) is 23.9. The predicted octanol–water partition coefficient (Wildman–Crippen LogP) is 6.26. The molecule has 0 heterocycles. The van der Waals surface area contributed by atoms with Crippen LogP contribution in [-0.4, -0.2) is 34.0 Å². The minimum Gasteiger partial charge on any atom is -0.350 e. The molecule has 2 aromatic rings. The van der Waals surface area contributed by atoms with Gasteiger partial charge in [0.15, 0.2) is 0 Å². The van der Waals surface area contributed by atoms with Gasteiger partial charge in [0.1, 0.15) is 6.04 Å². The largest absolute Gasteiger partial charge is 0.350 e. The number of amides is 2. The molecule has 2 amide bonds. The van der Waals surface area contributed by atoms with Crippen LogP contribution in [0.5, 0.6) is 0 Å². The van der Waals surface area contributed by atoms with Gasteiger partial charge in [-0.1, -0.05) is 66.0 Å². The number of aryl methyl sites for hydroxylation is 1. The highest BCUT2D eigenvalue weighted by Crippen LogP contribution is 2.25. The highest BCUT2D eigenvalue weighted by Gasteiger charge is 2.30. The number of halogens is 2. The summed E-state index contributed by atoms with van der Waals surface area (Å²) in [7, 11) is 0. The molecular weight excluding hydrogens is 463 g/mol. The average molecular weight is 496 g/mol. The molecule has 2 rings (SSSR count). The number of nitrogens with one attached hydrogen (secondary N) is 1. The van der Waals surface area contributed by atoms with Crippen LogP contribution in [0.3, 0.4) is 0 Å². The van der Waals surface area contributed by atoms with Crippen molar-refractivity contribution in [1.29, 1.82) is 0 Å². The summed E-state index contributed by atoms with van der Waals surface area (Å²) < 4.78 is 0. The Hall–Kier alpha value is -1.69. The van der Waals surface area contributed by atoms with Crippen molar-refractivity contribution in [2.24, 2.45) is 0 Å². The Balaban J connectivity index is 2.17. The number of hydrogen-bond donors (Lipinski definition) is 1. The summed E-state index contributed by atoms with van der Waals surface area (Å²) in [5.74, 6) is 0.638. The molecule has 4 nitrogen and oxygen atoms in total. The molecule has 0 bridgehead atoms. The summed E-state index contributed by atoms with van der Waals surface area (Å²) in [6.07, 6.45) is 0.535. The van der Waals surface area contributed by atoms with Crippen molar-refractivity contribution in [3.8, 4) is 0 Å². The Morgan fingerprint density at radius 3 is 2.44 bits per heavy atom. The molecule has 0 saturated carbocycles. The molecule has 0 aromatic heterocycles. The van der Waals surface area contributed by atoms with Crippen LogP contribution in [-0.2, 0) is 21.9 Å². The van der Waals surface area contributed by atoms with Crippen LogP contribution >= 0.6 is 35.0 Å². The van der Waals surface area contributed by atoms with Gasteiger partial charge in [-0.15, -0.1) is 11.8 Å². The van der Waals surface area contributed by atoms with E-state index in [1.165, 1.54) is 11.8 Å². The van der Waals surface area contributed by atoms with E-state index in [0.29, 0.717) is 28.8 Å². The van der Waals surface area contributed by atoms with Gasteiger partial charge in [-0.2, -0.15) is 0 Å². The fraction of sp³-hybridized carbons (Fsp3) is 0.440. The number of nitrogens with zero attached hydrogens (tertiary/aromatic N) is 1. The lowest BCUT2D eigenvalue weighted by atomic mass is 10.1. The number of hydrogen-bond acceptors (Lipinski definition) is 3. The van der Waals surface area contributed by atoms with Crippen molar-refractivity contribution in [2.45, 2.75) is 64.9 Å². The van der Waals surface area contributed by atoms with Gasteiger partial charge in [-0.3, -0.25) is 9.59 Å². The fourth-order valence-corrected chi connectivity index (χ4v) is 4.82. The van der Waals surface area contributed by atoms with Crippen molar-refractivity contribution in [3.05, 3.63) is 69.2 Å². The topological polar surface area (TPSA) is 49.4 Å². The van der Waals surface area contributed by atoms with E-state index in [1.54, 1.807) is 17.0 Å². The van der Waals surface area contributed by atoms with Gasteiger partial charge in [0, 0.05) is 27.9 Å². The maximum absolute atomic E-state index is 13.3. The Morgan fingerprint density at radius 2 is 1.84 bits per heavy atom. The minimum absolute atomic E-state index is 0.0718. The SMILES string of the molecule is CCC(C(=O)NC(C)(C)C)N(Cc1cccc(C)c1)C(=O)CSCc1ccc(Cl)cc1Cl. The second-order valence-electron chi connectivity index (χ2n) is 8.90. The lowest BCUT2D eigenvalue weighted by Gasteiger charge is -2.33. The molecule has 2 aromatic carbocycles. The van der Waals surface area contributed by atoms with Crippen molar-refractivity contribution >= 4 is 46.8 Å². The molecule has 0 aliphatic heterocycles. The molecule has 0 radical (unpaired) electrons. The summed E-state index contributed by atoms with van der Waals surface area (Å²) in [6.45, 7) is 10.2. The van der Waals surface area contributed by atoms with Crippen LogP contribution in [0.2, 0.25) is 10.0 Å². The van der Waals surface area contributed by atoms with Gasteiger partial charge in [-0.25, -0.2) is 0 Å². The highest BCUT2D eigenvalue weighted by atomic mass is 35.5. The third-order valence-electron chi connectivity index (χ3n) is 4.82. The van der Waals surface area contributed by atoms with E-state index in [9.17, 15) is 9.59 Å². The molecule has 0 aliphatic carbocycles. The van der Waals surface area contributed by atoms with Crippen LogP contribution in [0.25, 0.3) is 0 Å². The molecule has 174 valence electrons. The number of thioether (sulfide) groups is 1. The van der Waals surface area contributed by atoms with Gasteiger partial charge < -0.3 is 10.2 Å². The van der Waals surface area contributed by atoms with Gasteiger partial charge in [-0.05, 0) is 57.4 Å². The lowest BCUT2D eigenvalue weighted by molar-refractivity contribution is -0.140. The zero-order valence-electron chi connectivity index (χ0n) is 19.4. The van der Waals surface area contributed by atoms with Crippen molar-refractivity contribution in [3.63, 3.8) is 0 Å². The van der Waals surface area contributed by atoms with Crippen molar-refractivity contribution in [2.75, 3.05) is 5.75 Å². The molecule has 0 spiro atoms. The Labute approximate surface area is 206 Å². The zero-order valence-corrected chi connectivity index (χ0v) is 21.7. The van der Waals surface area contributed by atoms with E-state index in [1.807, 2.05) is 58.9 Å². The molecule has 7 heteroatoms. The standard InChI is InChI=1S/C25H32Cl2N2O2S/c1-6-22(24(31)28-25(3,4)5)29(14-18-9-7-8-17(2)12-18)23(30)16-32-15-19-10-11-20(26)13-21(19)27/h7-13,22H,6,14-16H2,1-5H3,(H,28,31). The second kappa shape index (κ2) is 12.0. The Kier molecular flexibility index (Phi) is 9.93. The summed E-state index contributed by atoms with van der Waals surface area (Å²) in [5, 5.41) is 4.20. The molecule has 0 fully saturated rings. The number of rotatable bonds is 9. The molecule has 1 N–H and O–H groups in total. The predicted molar refractivity (Wildman–Crippen MR) is 136 cm³/mol. The molecular formula is C25H32Cl2N2O2S. The number of carbonyl (C=O) groups excluding carboxylic acids is 2. The van der Waals surface area contributed by atoms with Crippen LogP contribution in [0.1, 0.15) is 50.8 Å². The highest BCUT2D eigenvalue weighted by molar-refractivity contribution is 7.99. The van der Waals surface area contributed by atoms with Gasteiger partial charge in [0.2, 0.25) is 11.8 Å². The average Bonchev–Trinajstić information content (AvgIpc) is 2.68. The summed E-state index contributed by atoms with van der Waals surface area (Å²) in [5.41, 5.74) is 2.68. The first kappa shape index (κ1) is 26.6. The number of benzene rings is 2. The third-order valence-corrected chi connectivity index (χ3v) is 6.37. The second-order valence-corrected chi connectivity index (χ2v) is 10.7. The molecule has 1 atom stereocenters. The summed E-state index contributed by atoms with van der Waals surface area (Å²) in [6, 6.07) is 12.9. The Bertz CT molecular complexity index is 944. The normalized spacial score (nSPS) is 12.3. The van der Waals surface area contributed by atoms with Crippen LogP contribution in [0.4, 0.5) is 0 Å². The molecule has 0 saturated heterocycles. The van der Waals surface area contributed by atoms with Gasteiger partial charge in [0.25, 0.3) is 0 Å². The molecule has 0 aliphatic rings. The summed E-state index contributed by atoms with van der Waals surface area (Å²) in [4.78, 5) is 28.0. The van der Waals surface area contributed by atoms with E-state index >= 15 is 0 Å². The van der Waals surface area contributed by atoms with E-state index in [4.69, 9.17) is 23.2 Å². The molecule has 1 unspecified atom stereocenters. The van der Waals surface area contributed by atoms with E-state index in [0.717, 1.165) is 16.7 Å². The van der Waals surface area contributed by atoms with E-state index in [2.05, 4.69) is 11.4 Å². The monoisotopic (exact) mass is 494 g/mol. The lowest BCUT2D eigenvalue weighted by Crippen LogP contribution is -2.53. The quantitative estimate of drug-likeness (QED) is 0.447. The maximum atomic E-state index is 13.3. The van der Waals surface area contributed by atoms with Crippen molar-refractivity contribution in [1.82, 2.24) is 10.2 Å². The summed E-state index contributed by atoms with van der Waals surface area (Å²) >= 11 is 13.7. The maximum Gasteiger partial charge on any atom is 0.243 e. The first-order valence-corrected chi connectivity index (χ1v) is 12.6. The van der Waals surface area contributed by atoms with Gasteiger partial charge in [0.05, 0.1) is 5.75 Å². The van der Waals surface area contributed by atoms with E-state index < -0.39 is 6.04 Å². The fourth-order valence-electron chi connectivity index (χ4n) is 3.35. The van der Waals surface area contributed by atoms with Crippen molar-refractivity contribution < 1.29 is 9.59 Å². The van der Waals surface area contributed by atoms with E-state index in [-0.39, 0.29) is 23.1 Å². The first-order chi connectivity index (χ1) is 15.0.